The lowest BCUT2D eigenvalue weighted by molar-refractivity contribution is -0.129. The minimum absolute atomic E-state index is 0.00800. The molecule has 3 aromatic heterocycles. The van der Waals surface area contributed by atoms with Crippen molar-refractivity contribution in [2.45, 2.75) is 26.0 Å². The van der Waals surface area contributed by atoms with Gasteiger partial charge in [-0.05, 0) is 50.2 Å². The molecule has 12 nitrogen and oxygen atoms in total. The third-order valence-corrected chi connectivity index (χ3v) is 7.21. The number of hydrogen-bond donors (Lipinski definition) is 2. The van der Waals surface area contributed by atoms with Crippen molar-refractivity contribution in [3.05, 3.63) is 64.7 Å². The van der Waals surface area contributed by atoms with Gasteiger partial charge in [-0.25, -0.2) is 19.3 Å². The fourth-order valence-corrected chi connectivity index (χ4v) is 4.81. The monoisotopic (exact) mass is 569 g/mol. The van der Waals surface area contributed by atoms with Crippen LogP contribution in [0.5, 0.6) is 0 Å². The zero-order valence-electron chi connectivity index (χ0n) is 24.3. The van der Waals surface area contributed by atoms with Crippen LogP contribution in [0.1, 0.15) is 19.5 Å². The second-order valence-electron chi connectivity index (χ2n) is 11.0. The summed E-state index contributed by atoms with van der Waals surface area (Å²) in [5.41, 5.74) is 1.15. The minimum atomic E-state index is -1.18. The molecule has 0 radical (unpaired) electrons. The van der Waals surface area contributed by atoms with E-state index in [0.29, 0.717) is 35.0 Å². The first kappa shape index (κ1) is 28.8. The predicted octanol–water partition coefficient (Wildman–Crippen LogP) is 1.79. The number of hydrogen-bond acceptors (Lipinski definition) is 9. The summed E-state index contributed by atoms with van der Waals surface area (Å²) < 4.78 is 2.94. The van der Waals surface area contributed by atoms with Gasteiger partial charge in [0.05, 0.1) is 12.2 Å². The van der Waals surface area contributed by atoms with Crippen LogP contribution in [0.15, 0.2) is 53.5 Å². The number of aliphatic hydroxyl groups is 1. The lowest BCUT2D eigenvalue weighted by Gasteiger charge is -2.36. The smallest absolute Gasteiger partial charge is 0.279 e. The summed E-state index contributed by atoms with van der Waals surface area (Å²) in [6.07, 6.45) is 7.06. The zero-order valence-corrected chi connectivity index (χ0v) is 24.3. The van der Waals surface area contributed by atoms with E-state index in [1.165, 1.54) is 10.9 Å². The van der Waals surface area contributed by atoms with E-state index in [2.05, 4.69) is 36.0 Å². The van der Waals surface area contributed by atoms with Gasteiger partial charge in [-0.1, -0.05) is 12.0 Å². The van der Waals surface area contributed by atoms with Gasteiger partial charge in [0.2, 0.25) is 11.9 Å². The molecule has 1 saturated heterocycles. The zero-order chi connectivity index (χ0) is 30.0. The maximum absolute atomic E-state index is 13.2. The Labute approximate surface area is 244 Å². The lowest BCUT2D eigenvalue weighted by Crippen LogP contribution is -2.49. The SMILES string of the molecule is C#CCn1c(=O)c2cnc(Nc3ccc(N4CCN(CC(=O)N(C)C)CC4)cc3)nc2n1-c1cccc(C(C)(C)O)n1. The van der Waals surface area contributed by atoms with E-state index in [0.717, 1.165) is 37.6 Å². The number of likely N-dealkylation sites (N-methyl/N-ethyl adjacent to an activating group) is 1. The molecule has 0 spiro atoms. The number of nitrogens with zero attached hydrogens (tertiary/aromatic N) is 8. The van der Waals surface area contributed by atoms with E-state index in [1.54, 1.807) is 55.7 Å². The van der Waals surface area contributed by atoms with Crippen LogP contribution in [0.4, 0.5) is 17.3 Å². The van der Waals surface area contributed by atoms with Gasteiger partial charge in [0, 0.05) is 57.8 Å². The Morgan fingerprint density at radius 1 is 1.10 bits per heavy atom. The van der Waals surface area contributed by atoms with Gasteiger partial charge in [0.25, 0.3) is 5.56 Å². The number of amides is 1. The van der Waals surface area contributed by atoms with Crippen LogP contribution < -0.4 is 15.8 Å². The van der Waals surface area contributed by atoms with Crippen LogP contribution in [-0.2, 0) is 16.9 Å². The third-order valence-electron chi connectivity index (χ3n) is 7.21. The fourth-order valence-electron chi connectivity index (χ4n) is 4.81. The molecule has 0 bridgehead atoms. The molecule has 1 fully saturated rings. The fraction of sp³-hybridized carbons (Fsp3) is 0.367. The molecule has 1 aromatic carbocycles. The molecular formula is C30H35N9O3. The number of pyridine rings is 1. The molecule has 42 heavy (non-hydrogen) atoms. The van der Waals surface area contributed by atoms with Crippen molar-refractivity contribution in [1.82, 2.24) is 34.1 Å². The molecule has 218 valence electrons. The van der Waals surface area contributed by atoms with Gasteiger partial charge in [0.15, 0.2) is 11.5 Å². The van der Waals surface area contributed by atoms with Crippen molar-refractivity contribution in [2.75, 3.05) is 57.0 Å². The van der Waals surface area contributed by atoms with Crippen molar-refractivity contribution < 1.29 is 9.90 Å². The predicted molar refractivity (Wildman–Crippen MR) is 162 cm³/mol. The lowest BCUT2D eigenvalue weighted by atomic mass is 10.1. The van der Waals surface area contributed by atoms with E-state index < -0.39 is 5.60 Å². The Bertz CT molecular complexity index is 1690. The Morgan fingerprint density at radius 3 is 2.45 bits per heavy atom. The molecule has 2 N–H and O–H groups in total. The molecule has 1 amide bonds. The first-order valence-electron chi connectivity index (χ1n) is 13.7. The van der Waals surface area contributed by atoms with Crippen LogP contribution in [0, 0.1) is 12.3 Å². The number of carbonyl (C=O) groups excluding carboxylic acids is 1. The third kappa shape index (κ3) is 5.97. The van der Waals surface area contributed by atoms with Gasteiger partial charge in [0.1, 0.15) is 17.5 Å². The molecule has 1 aliphatic heterocycles. The van der Waals surface area contributed by atoms with Gasteiger partial charge in [-0.3, -0.25) is 14.5 Å². The molecule has 0 saturated carbocycles. The Morgan fingerprint density at radius 2 is 1.81 bits per heavy atom. The summed E-state index contributed by atoms with van der Waals surface area (Å²) in [7, 11) is 3.56. The standard InChI is InChI=1S/C30H35N9O3/c1-6-14-38-28(41)23-19-31-29(34-27(23)39(38)25-9-7-8-24(33-25)30(2,3)42)32-21-10-12-22(13-11-21)37-17-15-36(16-18-37)20-26(40)35(4)5/h1,7-13,19,42H,14-18,20H2,2-5H3,(H,31,32,34). The van der Waals surface area contributed by atoms with E-state index in [9.17, 15) is 14.7 Å². The van der Waals surface area contributed by atoms with Crippen molar-refractivity contribution >= 4 is 34.3 Å². The first-order valence-corrected chi connectivity index (χ1v) is 13.7. The second kappa shape index (κ2) is 11.6. The molecule has 12 heteroatoms. The number of rotatable bonds is 8. The highest BCUT2D eigenvalue weighted by atomic mass is 16.3. The Hall–Kier alpha value is -4.73. The van der Waals surface area contributed by atoms with Crippen molar-refractivity contribution in [3.8, 4) is 18.2 Å². The van der Waals surface area contributed by atoms with Gasteiger partial charge in [-0.15, -0.1) is 6.42 Å². The van der Waals surface area contributed by atoms with Crippen molar-refractivity contribution in [3.63, 3.8) is 0 Å². The molecule has 5 rings (SSSR count). The van der Waals surface area contributed by atoms with Crippen LogP contribution >= 0.6 is 0 Å². The number of terminal acetylenes is 1. The number of piperazine rings is 1. The maximum atomic E-state index is 13.2. The van der Waals surface area contributed by atoms with Crippen LogP contribution in [0.3, 0.4) is 0 Å². The van der Waals surface area contributed by atoms with Gasteiger partial charge < -0.3 is 20.2 Å². The summed E-state index contributed by atoms with van der Waals surface area (Å²) in [5.74, 6) is 3.34. The van der Waals surface area contributed by atoms with Crippen LogP contribution in [-0.4, -0.2) is 91.9 Å². The van der Waals surface area contributed by atoms with E-state index in [4.69, 9.17) is 6.42 Å². The largest absolute Gasteiger partial charge is 0.384 e. The molecule has 1 aliphatic rings. The first-order chi connectivity index (χ1) is 20.0. The molecule has 0 atom stereocenters. The van der Waals surface area contributed by atoms with Gasteiger partial charge in [-0.2, -0.15) is 4.98 Å². The van der Waals surface area contributed by atoms with Crippen LogP contribution in [0.2, 0.25) is 0 Å². The van der Waals surface area contributed by atoms with E-state index >= 15 is 0 Å². The number of nitrogens with one attached hydrogen (secondary N) is 1. The molecule has 4 heterocycles. The van der Waals surface area contributed by atoms with Gasteiger partial charge >= 0.3 is 0 Å². The average Bonchev–Trinajstić information content (AvgIpc) is 3.24. The number of carbonyl (C=O) groups is 1. The normalized spacial score (nSPS) is 14.1. The highest BCUT2D eigenvalue weighted by molar-refractivity contribution is 5.78. The summed E-state index contributed by atoms with van der Waals surface area (Å²) in [5, 5.41) is 14.0. The Balaban J connectivity index is 1.37. The number of fused-ring (bicyclic) bond motifs is 1. The Kier molecular flexibility index (Phi) is 7.98. The van der Waals surface area contributed by atoms with E-state index in [-0.39, 0.29) is 18.0 Å². The quantitative estimate of drug-likeness (QED) is 0.306. The molecular weight excluding hydrogens is 534 g/mol. The molecule has 0 aliphatic carbocycles. The summed E-state index contributed by atoms with van der Waals surface area (Å²) in [4.78, 5) is 44.9. The molecule has 4 aromatic rings. The second-order valence-corrected chi connectivity index (χ2v) is 11.0. The van der Waals surface area contributed by atoms with Crippen LogP contribution in [0.25, 0.3) is 16.9 Å². The van der Waals surface area contributed by atoms with Crippen molar-refractivity contribution in [2.24, 2.45) is 0 Å². The maximum Gasteiger partial charge on any atom is 0.279 e. The minimum Gasteiger partial charge on any atom is -0.384 e. The topological polar surface area (TPSA) is 125 Å². The number of aromatic nitrogens is 5. The number of benzene rings is 1. The van der Waals surface area contributed by atoms with E-state index in [1.807, 2.05) is 24.3 Å². The molecule has 0 unspecified atom stereocenters. The summed E-state index contributed by atoms with van der Waals surface area (Å²) in [6, 6.07) is 13.2. The summed E-state index contributed by atoms with van der Waals surface area (Å²) >= 11 is 0. The average molecular weight is 570 g/mol. The summed E-state index contributed by atoms with van der Waals surface area (Å²) in [6.45, 7) is 7.05. The highest BCUT2D eigenvalue weighted by Crippen LogP contribution is 2.24. The number of anilines is 3. The highest BCUT2D eigenvalue weighted by Gasteiger charge is 2.22. The van der Waals surface area contributed by atoms with Crippen molar-refractivity contribution in [1.29, 1.82) is 0 Å².